The molecular weight excluding hydrogens is 430 g/mol. The molecule has 0 bridgehead atoms. The van der Waals surface area contributed by atoms with Crippen molar-refractivity contribution in [3.05, 3.63) is 53.0 Å². The molecule has 1 nitrogen and oxygen atoms in total. The molecule has 90 valence electrons. The second-order valence-electron chi connectivity index (χ2n) is 3.77. The van der Waals surface area contributed by atoms with E-state index in [1.54, 1.807) is 11.3 Å². The zero-order valence-corrected chi connectivity index (χ0v) is 14.6. The normalized spacial score (nSPS) is 12.8. The average Bonchev–Trinajstić information content (AvgIpc) is 2.58. The van der Waals surface area contributed by atoms with Crippen LogP contribution in [0.5, 0.6) is 0 Å². The van der Waals surface area contributed by atoms with E-state index in [0.29, 0.717) is 0 Å². The van der Waals surface area contributed by atoms with Gasteiger partial charge in [-0.3, -0.25) is 0 Å². The fourth-order valence-corrected chi connectivity index (χ4v) is 4.40. The topological polar surface area (TPSA) is 26.0 Å². The molecule has 0 amide bonds. The summed E-state index contributed by atoms with van der Waals surface area (Å²) >= 11 is 12.2. The number of halogens is 3. The van der Waals surface area contributed by atoms with Crippen molar-refractivity contribution in [2.24, 2.45) is 5.73 Å². The highest BCUT2D eigenvalue weighted by Crippen LogP contribution is 2.38. The van der Waals surface area contributed by atoms with Gasteiger partial charge in [-0.1, -0.05) is 28.1 Å². The summed E-state index contributed by atoms with van der Waals surface area (Å²) in [5.74, 6) is 0. The molecule has 2 aromatic rings. The molecule has 2 N–H and O–H groups in total. The Bertz CT molecular complexity index is 531. The molecule has 17 heavy (non-hydrogen) atoms. The van der Waals surface area contributed by atoms with E-state index in [1.165, 1.54) is 5.56 Å². The molecule has 5 heteroatoms. The molecule has 2 rings (SSSR count). The molecule has 0 saturated carbocycles. The average molecular weight is 440 g/mol. The largest absolute Gasteiger partial charge is 0.320 e. The lowest BCUT2D eigenvalue weighted by molar-refractivity contribution is 0.886. The van der Waals surface area contributed by atoms with E-state index in [4.69, 9.17) is 5.73 Å². The Morgan fingerprint density at radius 1 is 1.12 bits per heavy atom. The molecule has 1 unspecified atom stereocenters. The Morgan fingerprint density at radius 2 is 1.82 bits per heavy atom. The van der Waals surface area contributed by atoms with Gasteiger partial charge < -0.3 is 5.73 Å². The van der Waals surface area contributed by atoms with Gasteiger partial charge in [0.15, 0.2) is 0 Å². The second kappa shape index (κ2) is 5.53. The number of rotatable bonds is 2. The van der Waals surface area contributed by atoms with Crippen molar-refractivity contribution in [1.29, 1.82) is 0 Å². The van der Waals surface area contributed by atoms with Gasteiger partial charge in [-0.25, -0.2) is 0 Å². The van der Waals surface area contributed by atoms with Gasteiger partial charge >= 0.3 is 0 Å². The third-order valence-corrected chi connectivity index (χ3v) is 6.49. The van der Waals surface area contributed by atoms with Crippen LogP contribution in [0.2, 0.25) is 0 Å². The highest BCUT2D eigenvalue weighted by molar-refractivity contribution is 9.13. The summed E-state index contributed by atoms with van der Waals surface area (Å²) in [6, 6.07) is 8.21. The van der Waals surface area contributed by atoms with E-state index in [0.717, 1.165) is 23.2 Å². The van der Waals surface area contributed by atoms with Gasteiger partial charge in [0.1, 0.15) is 0 Å². The fourth-order valence-electron chi connectivity index (χ4n) is 1.55. The van der Waals surface area contributed by atoms with Crippen LogP contribution in [0.15, 0.2) is 37.0 Å². The van der Waals surface area contributed by atoms with Gasteiger partial charge in [-0.2, -0.15) is 0 Å². The van der Waals surface area contributed by atoms with Crippen LogP contribution in [0, 0.1) is 6.92 Å². The smallest absolute Gasteiger partial charge is 0.0843 e. The van der Waals surface area contributed by atoms with Gasteiger partial charge in [-0.05, 0) is 62.0 Å². The van der Waals surface area contributed by atoms with Crippen molar-refractivity contribution in [3.63, 3.8) is 0 Å². The van der Waals surface area contributed by atoms with Crippen molar-refractivity contribution in [2.45, 2.75) is 13.0 Å². The maximum atomic E-state index is 6.29. The zero-order valence-electron chi connectivity index (χ0n) is 9.01. The van der Waals surface area contributed by atoms with Gasteiger partial charge in [0.05, 0.1) is 9.83 Å². The molecule has 1 aromatic heterocycles. The summed E-state index contributed by atoms with van der Waals surface area (Å²) in [5.41, 5.74) is 8.62. The summed E-state index contributed by atoms with van der Waals surface area (Å²) in [4.78, 5) is 1.13. The van der Waals surface area contributed by atoms with Crippen LogP contribution < -0.4 is 5.73 Å². The number of aryl methyl sites for hydroxylation is 1. The minimum Gasteiger partial charge on any atom is -0.320 e. The number of nitrogens with two attached hydrogens (primary N) is 1. The molecular formula is C12H10Br3NS. The standard InChI is InChI=1S/C12H10Br3NS/c1-6-2-3-7(8(13)4-6)11(16)10-5-9(14)12(15)17-10/h2-5,11H,16H2,1H3. The molecule has 0 spiro atoms. The molecule has 0 aliphatic heterocycles. The highest BCUT2D eigenvalue weighted by Gasteiger charge is 2.16. The first-order valence-electron chi connectivity index (χ1n) is 4.95. The van der Waals surface area contributed by atoms with E-state index >= 15 is 0 Å². The van der Waals surface area contributed by atoms with E-state index in [1.807, 2.05) is 0 Å². The maximum absolute atomic E-state index is 6.29. The van der Waals surface area contributed by atoms with Crippen LogP contribution in [0.4, 0.5) is 0 Å². The molecule has 0 fully saturated rings. The van der Waals surface area contributed by atoms with Crippen LogP contribution in [-0.4, -0.2) is 0 Å². The van der Waals surface area contributed by atoms with Crippen molar-refractivity contribution in [2.75, 3.05) is 0 Å². The molecule has 0 radical (unpaired) electrons. The molecule has 0 saturated heterocycles. The SMILES string of the molecule is Cc1ccc(C(N)c2cc(Br)c(Br)s2)c(Br)c1. The van der Waals surface area contributed by atoms with Crippen LogP contribution in [0.25, 0.3) is 0 Å². The number of hydrogen-bond donors (Lipinski definition) is 1. The molecule has 1 atom stereocenters. The molecule has 0 aliphatic rings. The Hall–Kier alpha value is 0.320. The van der Waals surface area contributed by atoms with Crippen LogP contribution >= 0.6 is 59.1 Å². The minimum atomic E-state index is -0.0995. The Balaban J connectivity index is 2.39. The molecule has 1 heterocycles. The van der Waals surface area contributed by atoms with Gasteiger partial charge in [0, 0.05) is 13.8 Å². The third-order valence-electron chi connectivity index (χ3n) is 2.46. The zero-order chi connectivity index (χ0) is 12.6. The fraction of sp³-hybridized carbons (Fsp3) is 0.167. The summed E-state index contributed by atoms with van der Waals surface area (Å²) < 4.78 is 3.19. The summed E-state index contributed by atoms with van der Waals surface area (Å²) in [5, 5.41) is 0. The van der Waals surface area contributed by atoms with Crippen LogP contribution in [0.3, 0.4) is 0 Å². The monoisotopic (exact) mass is 437 g/mol. The van der Waals surface area contributed by atoms with Crippen LogP contribution in [-0.2, 0) is 0 Å². The van der Waals surface area contributed by atoms with E-state index in [9.17, 15) is 0 Å². The van der Waals surface area contributed by atoms with Crippen molar-refractivity contribution in [3.8, 4) is 0 Å². The summed E-state index contributed by atoms with van der Waals surface area (Å²) in [7, 11) is 0. The first kappa shape index (κ1) is 13.7. The quantitative estimate of drug-likeness (QED) is 0.666. The predicted molar refractivity (Wildman–Crippen MR) is 84.6 cm³/mol. The highest BCUT2D eigenvalue weighted by atomic mass is 79.9. The third kappa shape index (κ3) is 3.01. The molecule has 1 aromatic carbocycles. The van der Waals surface area contributed by atoms with Crippen molar-refractivity contribution in [1.82, 2.24) is 0 Å². The minimum absolute atomic E-state index is 0.0995. The van der Waals surface area contributed by atoms with Gasteiger partial charge in [-0.15, -0.1) is 11.3 Å². The van der Waals surface area contributed by atoms with Crippen molar-refractivity contribution < 1.29 is 0 Å². The van der Waals surface area contributed by atoms with Gasteiger partial charge in [0.25, 0.3) is 0 Å². The first-order chi connectivity index (χ1) is 7.99. The Labute approximate surface area is 130 Å². The summed E-state index contributed by atoms with van der Waals surface area (Å²) in [6.45, 7) is 2.07. The Morgan fingerprint density at radius 3 is 2.35 bits per heavy atom. The van der Waals surface area contributed by atoms with Gasteiger partial charge in [0.2, 0.25) is 0 Å². The first-order valence-corrected chi connectivity index (χ1v) is 8.15. The lowest BCUT2D eigenvalue weighted by Crippen LogP contribution is -2.10. The van der Waals surface area contributed by atoms with Crippen molar-refractivity contribution >= 4 is 59.1 Å². The maximum Gasteiger partial charge on any atom is 0.0843 e. The Kier molecular flexibility index (Phi) is 4.47. The van der Waals surface area contributed by atoms with E-state index in [-0.39, 0.29) is 6.04 Å². The van der Waals surface area contributed by atoms with E-state index < -0.39 is 0 Å². The summed E-state index contributed by atoms with van der Waals surface area (Å²) in [6.07, 6.45) is 0. The lowest BCUT2D eigenvalue weighted by Gasteiger charge is -2.12. The predicted octanol–water partition coefficient (Wildman–Crippen LogP) is 5.39. The van der Waals surface area contributed by atoms with E-state index in [2.05, 4.69) is 79.0 Å². The molecule has 0 aliphatic carbocycles. The second-order valence-corrected chi connectivity index (χ2v) is 7.88. The van der Waals surface area contributed by atoms with Crippen LogP contribution in [0.1, 0.15) is 22.0 Å². The lowest BCUT2D eigenvalue weighted by atomic mass is 10.0. The number of hydrogen-bond acceptors (Lipinski definition) is 2. The number of thiophene rings is 1. The number of benzene rings is 1.